The van der Waals surface area contributed by atoms with Crippen LogP contribution in [0.25, 0.3) is 0 Å². The van der Waals surface area contributed by atoms with Crippen molar-refractivity contribution in [2.45, 2.75) is 49.2 Å². The Morgan fingerprint density at radius 3 is 2.38 bits per heavy atom. The normalized spacial score (nSPS) is 21.4. The van der Waals surface area contributed by atoms with Crippen LogP contribution in [0.3, 0.4) is 0 Å². The summed E-state index contributed by atoms with van der Waals surface area (Å²) in [5.74, 6) is 0.477. The minimum Gasteiger partial charge on any atom is -0.359 e. The molecular formula is C18H21ClN2O4S. The van der Waals surface area contributed by atoms with E-state index in [4.69, 9.17) is 16.1 Å². The molecule has 1 aromatic carbocycles. The first kappa shape index (κ1) is 18.9. The van der Waals surface area contributed by atoms with Crippen LogP contribution in [-0.2, 0) is 20.0 Å². The molecule has 1 aliphatic heterocycles. The number of anilines is 1. The van der Waals surface area contributed by atoms with Gasteiger partial charge in [0.25, 0.3) is 0 Å². The number of aromatic nitrogens is 1. The van der Waals surface area contributed by atoms with E-state index in [-0.39, 0.29) is 23.3 Å². The third-order valence-corrected chi connectivity index (χ3v) is 7.45. The summed E-state index contributed by atoms with van der Waals surface area (Å²) in [6, 6.07) is 7.54. The average Bonchev–Trinajstić information content (AvgIpc) is 3.14. The Labute approximate surface area is 158 Å². The zero-order chi connectivity index (χ0) is 19.3. The number of nitrogens with zero attached hydrogens (tertiary/aromatic N) is 2. The highest BCUT2D eigenvalue weighted by atomic mass is 35.5. The second kappa shape index (κ2) is 6.09. The van der Waals surface area contributed by atoms with Crippen LogP contribution in [0.1, 0.15) is 39.9 Å². The maximum atomic E-state index is 13.1. The van der Waals surface area contributed by atoms with Crippen molar-refractivity contribution in [3.63, 3.8) is 0 Å². The third-order valence-electron chi connectivity index (χ3n) is 4.74. The maximum absolute atomic E-state index is 13.1. The lowest BCUT2D eigenvalue weighted by atomic mass is 9.93. The van der Waals surface area contributed by atoms with Gasteiger partial charge in [-0.15, -0.1) is 0 Å². The number of hydrogen-bond acceptors (Lipinski definition) is 5. The number of sulfone groups is 1. The lowest BCUT2D eigenvalue weighted by Crippen LogP contribution is -2.44. The minimum absolute atomic E-state index is 0.0788. The molecule has 3 rings (SSSR count). The minimum atomic E-state index is -3.87. The Morgan fingerprint density at radius 2 is 1.85 bits per heavy atom. The highest BCUT2D eigenvalue weighted by Gasteiger charge is 2.54. The van der Waals surface area contributed by atoms with Crippen molar-refractivity contribution in [1.29, 1.82) is 0 Å². The standard InChI is InChI=1S/C18H21ClN2O4S/c1-17(2,3)14-11-15(20-25-14)21-10-9-18(4,16(21)22)26(23,24)13-7-5-12(19)6-8-13/h5-8,11H,9-10H2,1-4H3. The van der Waals surface area contributed by atoms with Crippen molar-refractivity contribution in [1.82, 2.24) is 5.16 Å². The van der Waals surface area contributed by atoms with Crippen molar-refractivity contribution in [2.24, 2.45) is 0 Å². The van der Waals surface area contributed by atoms with E-state index in [9.17, 15) is 13.2 Å². The van der Waals surface area contributed by atoms with E-state index in [1.165, 1.54) is 36.1 Å². The van der Waals surface area contributed by atoms with E-state index in [1.54, 1.807) is 6.07 Å². The predicted molar refractivity (Wildman–Crippen MR) is 99.2 cm³/mol. The molecule has 26 heavy (non-hydrogen) atoms. The summed E-state index contributed by atoms with van der Waals surface area (Å²) in [4.78, 5) is 14.5. The largest absolute Gasteiger partial charge is 0.359 e. The Kier molecular flexibility index (Phi) is 4.43. The molecule has 0 bridgehead atoms. The Morgan fingerprint density at radius 1 is 1.23 bits per heavy atom. The molecule has 2 heterocycles. The fourth-order valence-electron chi connectivity index (χ4n) is 2.91. The smallest absolute Gasteiger partial charge is 0.249 e. The van der Waals surface area contributed by atoms with Crippen molar-refractivity contribution in [3.8, 4) is 0 Å². The molecule has 1 atom stereocenters. The van der Waals surface area contributed by atoms with Gasteiger partial charge in [0.2, 0.25) is 5.91 Å². The average molecular weight is 397 g/mol. The lowest BCUT2D eigenvalue weighted by Gasteiger charge is -2.22. The van der Waals surface area contributed by atoms with Crippen LogP contribution in [0.4, 0.5) is 5.82 Å². The summed E-state index contributed by atoms with van der Waals surface area (Å²) in [5.41, 5.74) is -0.257. The van der Waals surface area contributed by atoms with Gasteiger partial charge in [-0.2, -0.15) is 0 Å². The van der Waals surface area contributed by atoms with Crippen LogP contribution in [0.2, 0.25) is 5.02 Å². The number of carbonyl (C=O) groups excluding carboxylic acids is 1. The van der Waals surface area contributed by atoms with Crippen LogP contribution >= 0.6 is 11.6 Å². The highest BCUT2D eigenvalue weighted by Crippen LogP contribution is 2.38. The van der Waals surface area contributed by atoms with Gasteiger partial charge < -0.3 is 4.52 Å². The van der Waals surface area contributed by atoms with Gasteiger partial charge in [-0.1, -0.05) is 37.5 Å². The van der Waals surface area contributed by atoms with E-state index in [1.807, 2.05) is 20.8 Å². The first-order valence-corrected chi connectivity index (χ1v) is 10.1. The van der Waals surface area contributed by atoms with Crippen molar-refractivity contribution in [3.05, 3.63) is 41.1 Å². The molecule has 1 saturated heterocycles. The second-order valence-corrected chi connectivity index (χ2v) is 10.5. The summed E-state index contributed by atoms with van der Waals surface area (Å²) in [6.45, 7) is 7.64. The Hall–Kier alpha value is -1.86. The molecule has 0 radical (unpaired) electrons. The molecule has 0 aliphatic carbocycles. The van der Waals surface area contributed by atoms with Gasteiger partial charge in [0.15, 0.2) is 20.4 Å². The van der Waals surface area contributed by atoms with E-state index >= 15 is 0 Å². The zero-order valence-electron chi connectivity index (χ0n) is 15.1. The Balaban J connectivity index is 1.94. The molecule has 1 unspecified atom stereocenters. The molecule has 0 N–H and O–H groups in total. The SMILES string of the molecule is CC(C)(C)c1cc(N2CCC(C)(S(=O)(=O)c3ccc(Cl)cc3)C2=O)no1. The maximum Gasteiger partial charge on any atom is 0.249 e. The molecule has 1 fully saturated rings. The summed E-state index contributed by atoms with van der Waals surface area (Å²) in [6.07, 6.45) is 0.175. The van der Waals surface area contributed by atoms with Gasteiger partial charge in [-0.3, -0.25) is 9.69 Å². The monoisotopic (exact) mass is 396 g/mol. The van der Waals surface area contributed by atoms with Gasteiger partial charge in [0.05, 0.1) is 4.90 Å². The number of hydrogen-bond donors (Lipinski definition) is 0. The second-order valence-electron chi connectivity index (χ2n) is 7.69. The first-order chi connectivity index (χ1) is 12.0. The number of carbonyl (C=O) groups is 1. The van der Waals surface area contributed by atoms with Crippen LogP contribution in [0, 0.1) is 0 Å². The summed E-state index contributed by atoms with van der Waals surface area (Å²) in [5, 5.41) is 4.40. The quantitative estimate of drug-likeness (QED) is 0.791. The Bertz CT molecular complexity index is 944. The molecule has 140 valence electrons. The van der Waals surface area contributed by atoms with Crippen LogP contribution in [0.5, 0.6) is 0 Å². The molecule has 6 nitrogen and oxygen atoms in total. The summed E-state index contributed by atoms with van der Waals surface area (Å²) >= 11 is 5.84. The number of rotatable bonds is 3. The van der Waals surface area contributed by atoms with Crippen LogP contribution < -0.4 is 4.90 Å². The van der Waals surface area contributed by atoms with E-state index in [2.05, 4.69) is 5.16 Å². The van der Waals surface area contributed by atoms with E-state index < -0.39 is 20.5 Å². The van der Waals surface area contributed by atoms with Crippen molar-refractivity contribution >= 4 is 33.2 Å². The zero-order valence-corrected chi connectivity index (χ0v) is 16.7. The summed E-state index contributed by atoms with van der Waals surface area (Å²) < 4.78 is 29.9. The molecule has 1 aromatic heterocycles. The summed E-state index contributed by atoms with van der Waals surface area (Å²) in [7, 11) is -3.87. The molecule has 2 aromatic rings. The van der Waals surface area contributed by atoms with E-state index in [0.717, 1.165) is 0 Å². The molecule has 1 amide bonds. The van der Waals surface area contributed by atoms with Gasteiger partial charge in [0.1, 0.15) is 5.76 Å². The van der Waals surface area contributed by atoms with Crippen LogP contribution in [-0.4, -0.2) is 30.8 Å². The molecule has 8 heteroatoms. The van der Waals surface area contributed by atoms with Crippen molar-refractivity contribution < 1.29 is 17.7 Å². The van der Waals surface area contributed by atoms with Gasteiger partial charge in [0, 0.05) is 23.0 Å². The van der Waals surface area contributed by atoms with Gasteiger partial charge >= 0.3 is 0 Å². The molecule has 0 spiro atoms. The number of halogens is 1. The van der Waals surface area contributed by atoms with Gasteiger partial charge in [-0.05, 0) is 37.6 Å². The molecular weight excluding hydrogens is 376 g/mol. The molecule has 1 aliphatic rings. The predicted octanol–water partition coefficient (Wildman–Crippen LogP) is 3.59. The fraction of sp³-hybridized carbons (Fsp3) is 0.444. The number of benzene rings is 1. The highest BCUT2D eigenvalue weighted by molar-refractivity contribution is 7.93. The van der Waals surface area contributed by atoms with Crippen molar-refractivity contribution in [2.75, 3.05) is 11.4 Å². The van der Waals surface area contributed by atoms with Gasteiger partial charge in [-0.25, -0.2) is 8.42 Å². The number of amides is 1. The fourth-order valence-corrected chi connectivity index (χ4v) is 4.75. The molecule has 0 saturated carbocycles. The first-order valence-electron chi connectivity index (χ1n) is 8.26. The van der Waals surface area contributed by atoms with Crippen LogP contribution in [0.15, 0.2) is 39.8 Å². The lowest BCUT2D eigenvalue weighted by molar-refractivity contribution is -0.118. The van der Waals surface area contributed by atoms with E-state index in [0.29, 0.717) is 16.6 Å². The third kappa shape index (κ3) is 2.93. The topological polar surface area (TPSA) is 80.5 Å².